The third kappa shape index (κ3) is 4.18. The molecule has 2 aromatic rings. The van der Waals surface area contributed by atoms with Crippen LogP contribution in [0.3, 0.4) is 0 Å². The molecule has 0 fully saturated rings. The van der Waals surface area contributed by atoms with Gasteiger partial charge in [0.05, 0.1) is 21.7 Å². The Hall–Kier alpha value is -2.81. The van der Waals surface area contributed by atoms with Crippen molar-refractivity contribution >= 4 is 51.1 Å². The molecule has 9 heteroatoms. The first kappa shape index (κ1) is 18.5. The number of urea groups is 1. The maximum Gasteiger partial charge on any atom is 0.321 e. The van der Waals surface area contributed by atoms with Gasteiger partial charge in [0, 0.05) is 25.5 Å². The van der Waals surface area contributed by atoms with Crippen molar-refractivity contribution in [3.05, 3.63) is 23.3 Å². The maximum absolute atomic E-state index is 12.4. The summed E-state index contributed by atoms with van der Waals surface area (Å²) in [6.45, 7) is 4.61. The molecule has 2 rings (SSSR count). The number of aromatic nitrogens is 1. The first-order valence-corrected chi connectivity index (χ1v) is 8.64. The Kier molecular flexibility index (Phi) is 6.18. The fraction of sp³-hybridized carbons (Fsp3) is 0.312. The molecule has 0 saturated heterocycles. The second-order valence-corrected chi connectivity index (χ2v) is 6.14. The molecule has 0 atom stereocenters. The van der Waals surface area contributed by atoms with Crippen molar-refractivity contribution in [1.82, 2.24) is 15.6 Å². The molecule has 0 unspecified atom stereocenters. The normalized spacial score (nSPS) is 11.6. The summed E-state index contributed by atoms with van der Waals surface area (Å²) >= 11 is 1.21. The number of fused-ring (bicyclic) bond motifs is 1. The van der Waals surface area contributed by atoms with Crippen LogP contribution in [0.5, 0.6) is 0 Å². The van der Waals surface area contributed by atoms with Gasteiger partial charge < -0.3 is 21.5 Å². The molecule has 0 bridgehead atoms. The van der Waals surface area contributed by atoms with Crippen LogP contribution in [0, 0.1) is 10.8 Å². The lowest BCUT2D eigenvalue weighted by atomic mass is 9.98. The molecule has 8 nitrogen and oxygen atoms in total. The molecule has 3 amide bonds. The van der Waals surface area contributed by atoms with Crippen molar-refractivity contribution < 1.29 is 9.59 Å². The van der Waals surface area contributed by atoms with Gasteiger partial charge in [0.15, 0.2) is 5.13 Å². The number of carbonyl (C=O) groups excluding carboxylic acids is 2. The summed E-state index contributed by atoms with van der Waals surface area (Å²) in [4.78, 5) is 28.4. The van der Waals surface area contributed by atoms with Crippen LogP contribution in [0.1, 0.15) is 35.7 Å². The van der Waals surface area contributed by atoms with Crippen LogP contribution in [0.4, 0.5) is 9.93 Å². The van der Waals surface area contributed by atoms with Crippen molar-refractivity contribution in [3.8, 4) is 0 Å². The largest absolute Gasteiger partial charge is 0.352 e. The zero-order valence-electron chi connectivity index (χ0n) is 14.0. The van der Waals surface area contributed by atoms with E-state index in [0.29, 0.717) is 39.6 Å². The molecule has 0 radical (unpaired) electrons. The first-order valence-electron chi connectivity index (χ1n) is 7.82. The molecule has 0 aliphatic heterocycles. The molecule has 132 valence electrons. The molecule has 0 aliphatic rings. The second-order valence-electron chi connectivity index (χ2n) is 5.14. The van der Waals surface area contributed by atoms with Crippen molar-refractivity contribution in [2.24, 2.45) is 0 Å². The van der Waals surface area contributed by atoms with E-state index in [1.807, 2.05) is 13.8 Å². The van der Waals surface area contributed by atoms with Crippen LogP contribution in [0.15, 0.2) is 12.1 Å². The summed E-state index contributed by atoms with van der Waals surface area (Å²) < 4.78 is 0.648. The molecule has 25 heavy (non-hydrogen) atoms. The highest BCUT2D eigenvalue weighted by molar-refractivity contribution is 7.22. The Labute approximate surface area is 149 Å². The number of thiazole rings is 1. The Balaban J connectivity index is 2.54. The molecule has 1 heterocycles. The number of nitrogens with zero attached hydrogens (tertiary/aromatic N) is 1. The Morgan fingerprint density at radius 3 is 2.48 bits per heavy atom. The van der Waals surface area contributed by atoms with Gasteiger partial charge in [-0.25, -0.2) is 9.78 Å². The number of rotatable bonds is 7. The Bertz CT molecular complexity index is 808. The van der Waals surface area contributed by atoms with Crippen LogP contribution < -0.4 is 16.0 Å². The number of anilines is 1. The smallest absolute Gasteiger partial charge is 0.321 e. The van der Waals surface area contributed by atoms with Crippen LogP contribution in [0.2, 0.25) is 0 Å². The number of benzene rings is 1. The van der Waals surface area contributed by atoms with Gasteiger partial charge in [0.25, 0.3) is 5.91 Å². The van der Waals surface area contributed by atoms with E-state index in [9.17, 15) is 9.59 Å². The Morgan fingerprint density at radius 1 is 1.20 bits per heavy atom. The minimum absolute atomic E-state index is 0.253. The molecule has 1 aromatic carbocycles. The average Bonchev–Trinajstić information content (AvgIpc) is 2.97. The quantitative estimate of drug-likeness (QED) is 0.486. The van der Waals surface area contributed by atoms with Gasteiger partial charge in [-0.3, -0.25) is 10.1 Å². The molecule has 0 spiro atoms. The molecular formula is C16H20N6O2S. The van der Waals surface area contributed by atoms with Crippen LogP contribution in [-0.2, 0) is 0 Å². The molecule has 5 N–H and O–H groups in total. The zero-order chi connectivity index (χ0) is 18.4. The van der Waals surface area contributed by atoms with Crippen molar-refractivity contribution in [3.63, 3.8) is 0 Å². The van der Waals surface area contributed by atoms with Gasteiger partial charge in [-0.05, 0) is 31.5 Å². The van der Waals surface area contributed by atoms with Gasteiger partial charge in [-0.15, -0.1) is 0 Å². The van der Waals surface area contributed by atoms with Crippen LogP contribution >= 0.6 is 11.3 Å². The number of amides is 3. The second kappa shape index (κ2) is 8.34. The summed E-state index contributed by atoms with van der Waals surface area (Å²) in [5, 5.41) is 23.3. The number of hydrogen-bond donors (Lipinski definition) is 5. The third-order valence-corrected chi connectivity index (χ3v) is 4.42. The molecular weight excluding hydrogens is 340 g/mol. The van der Waals surface area contributed by atoms with Gasteiger partial charge in [0.1, 0.15) is 0 Å². The topological polar surface area (TPSA) is 131 Å². The van der Waals surface area contributed by atoms with E-state index in [1.165, 1.54) is 11.3 Å². The highest BCUT2D eigenvalue weighted by atomic mass is 32.1. The zero-order valence-corrected chi connectivity index (χ0v) is 14.8. The first-order chi connectivity index (χ1) is 12.0. The predicted molar refractivity (Wildman–Crippen MR) is 101 cm³/mol. The van der Waals surface area contributed by atoms with Crippen LogP contribution in [-0.4, -0.2) is 42.4 Å². The summed E-state index contributed by atoms with van der Waals surface area (Å²) in [6, 6.07) is 3.04. The standard InChI is InChI=1S/C16H20N6O2S/c1-3-19-14(23)11-5-9(10(7-17)8-18)6-12-13(11)25-16(21-12)22-15(24)20-4-2/h5-8,10,17-18H,3-4H2,1-2H3,(H,19,23)(H2,20,21,22,24). The minimum Gasteiger partial charge on any atom is -0.352 e. The molecule has 1 aromatic heterocycles. The van der Waals surface area contributed by atoms with E-state index >= 15 is 0 Å². The van der Waals surface area contributed by atoms with E-state index in [0.717, 1.165) is 12.4 Å². The lowest BCUT2D eigenvalue weighted by Gasteiger charge is -2.09. The van der Waals surface area contributed by atoms with Crippen molar-refractivity contribution in [1.29, 1.82) is 10.8 Å². The van der Waals surface area contributed by atoms with Gasteiger partial charge in [0.2, 0.25) is 0 Å². The van der Waals surface area contributed by atoms with E-state index in [1.54, 1.807) is 12.1 Å². The van der Waals surface area contributed by atoms with E-state index in [4.69, 9.17) is 10.8 Å². The Morgan fingerprint density at radius 2 is 1.88 bits per heavy atom. The highest BCUT2D eigenvalue weighted by Crippen LogP contribution is 2.32. The fourth-order valence-electron chi connectivity index (χ4n) is 2.27. The highest BCUT2D eigenvalue weighted by Gasteiger charge is 2.18. The lowest BCUT2D eigenvalue weighted by Crippen LogP contribution is -2.28. The summed E-state index contributed by atoms with van der Waals surface area (Å²) in [5.41, 5.74) is 1.60. The SMILES string of the molecule is CCNC(=O)Nc1nc2cc(C(C=N)C=N)cc(C(=O)NCC)c2s1. The third-order valence-electron chi connectivity index (χ3n) is 3.40. The fourth-order valence-corrected chi connectivity index (χ4v) is 3.22. The summed E-state index contributed by atoms with van der Waals surface area (Å²) in [6.07, 6.45) is 2.27. The van der Waals surface area contributed by atoms with Crippen molar-refractivity contribution in [2.75, 3.05) is 18.4 Å². The van der Waals surface area contributed by atoms with Crippen molar-refractivity contribution in [2.45, 2.75) is 19.8 Å². The summed E-state index contributed by atoms with van der Waals surface area (Å²) in [5.74, 6) is -0.782. The van der Waals surface area contributed by atoms with Crippen LogP contribution in [0.25, 0.3) is 10.2 Å². The molecule has 0 saturated carbocycles. The van der Waals surface area contributed by atoms with E-state index in [-0.39, 0.29) is 11.9 Å². The summed E-state index contributed by atoms with van der Waals surface area (Å²) in [7, 11) is 0. The predicted octanol–water partition coefficient (Wildman–Crippen LogP) is 2.57. The average molecular weight is 360 g/mol. The monoisotopic (exact) mass is 360 g/mol. The number of carbonyl (C=O) groups is 2. The lowest BCUT2D eigenvalue weighted by molar-refractivity contribution is 0.0957. The number of nitrogens with one attached hydrogen (secondary N) is 5. The maximum atomic E-state index is 12.4. The molecule has 0 aliphatic carbocycles. The van der Waals surface area contributed by atoms with Gasteiger partial charge >= 0.3 is 6.03 Å². The van der Waals surface area contributed by atoms with Gasteiger partial charge in [-0.2, -0.15) is 0 Å². The minimum atomic E-state index is -0.529. The van der Waals surface area contributed by atoms with E-state index in [2.05, 4.69) is 20.9 Å². The van der Waals surface area contributed by atoms with Gasteiger partial charge in [-0.1, -0.05) is 11.3 Å². The number of hydrogen-bond acceptors (Lipinski definition) is 6. The van der Waals surface area contributed by atoms with E-state index < -0.39 is 5.92 Å².